The van der Waals surface area contributed by atoms with Gasteiger partial charge in [-0.1, -0.05) is 77.2 Å². The number of hydrogen-bond acceptors (Lipinski definition) is 0. The van der Waals surface area contributed by atoms with E-state index >= 15 is 0 Å². The van der Waals surface area contributed by atoms with Crippen molar-refractivity contribution in [2.24, 2.45) is 0 Å². The van der Waals surface area contributed by atoms with Gasteiger partial charge in [0.05, 0.1) is 0 Å². The van der Waals surface area contributed by atoms with E-state index in [9.17, 15) is 0 Å². The highest BCUT2D eigenvalue weighted by Crippen LogP contribution is 2.40. The number of aryl methyl sites for hydroxylation is 1. The van der Waals surface area contributed by atoms with Crippen LogP contribution in [-0.2, 0) is 6.42 Å². The molecule has 2 atom stereocenters. The summed E-state index contributed by atoms with van der Waals surface area (Å²) in [6, 6.07) is 19.8. The lowest BCUT2D eigenvalue weighted by atomic mass is 9.79. The highest BCUT2D eigenvalue weighted by molar-refractivity contribution is 14.1. The van der Waals surface area contributed by atoms with E-state index in [0.717, 1.165) is 0 Å². The van der Waals surface area contributed by atoms with Crippen molar-refractivity contribution >= 4 is 22.6 Å². The second kappa shape index (κ2) is 4.81. The standard InChI is InChI=1S/C16H15I/c17-15-11-10-12-6-4-5-9-14(12)16(15)13-7-2-1-3-8-13/h1-9,15-16H,10-11H2/t15-,16-/m0/s1. The van der Waals surface area contributed by atoms with Gasteiger partial charge < -0.3 is 0 Å². The zero-order chi connectivity index (χ0) is 11.7. The summed E-state index contributed by atoms with van der Waals surface area (Å²) in [5.74, 6) is 0.571. The molecule has 3 rings (SSSR count). The van der Waals surface area contributed by atoms with Crippen molar-refractivity contribution in [3.8, 4) is 0 Å². The van der Waals surface area contributed by atoms with Crippen molar-refractivity contribution < 1.29 is 0 Å². The Morgan fingerprint density at radius 3 is 2.41 bits per heavy atom. The van der Waals surface area contributed by atoms with Crippen LogP contribution in [-0.4, -0.2) is 3.92 Å². The van der Waals surface area contributed by atoms with Crippen molar-refractivity contribution in [2.75, 3.05) is 0 Å². The first-order valence-electron chi connectivity index (χ1n) is 6.13. The Morgan fingerprint density at radius 2 is 1.59 bits per heavy atom. The second-order valence-corrected chi connectivity index (χ2v) is 6.24. The zero-order valence-corrected chi connectivity index (χ0v) is 11.8. The van der Waals surface area contributed by atoms with E-state index < -0.39 is 0 Å². The van der Waals surface area contributed by atoms with Crippen LogP contribution >= 0.6 is 22.6 Å². The lowest BCUT2D eigenvalue weighted by Crippen LogP contribution is -2.21. The average Bonchev–Trinajstić information content (AvgIpc) is 2.39. The average molecular weight is 334 g/mol. The number of alkyl halides is 1. The Kier molecular flexibility index (Phi) is 3.19. The normalized spacial score (nSPS) is 23.1. The SMILES string of the molecule is I[C@H]1CCc2ccccc2[C@@H]1c1ccccc1. The number of benzene rings is 2. The molecule has 0 N–H and O–H groups in total. The molecule has 0 radical (unpaired) electrons. The van der Waals surface area contributed by atoms with Gasteiger partial charge >= 0.3 is 0 Å². The quantitative estimate of drug-likeness (QED) is 0.529. The van der Waals surface area contributed by atoms with Crippen molar-refractivity contribution in [3.63, 3.8) is 0 Å². The fourth-order valence-electron chi connectivity index (χ4n) is 2.77. The Bertz CT molecular complexity index is 504. The maximum atomic E-state index is 2.62. The molecule has 0 bridgehead atoms. The van der Waals surface area contributed by atoms with E-state index in [1.54, 1.807) is 0 Å². The highest BCUT2D eigenvalue weighted by atomic mass is 127. The molecule has 86 valence electrons. The fourth-order valence-corrected chi connectivity index (χ4v) is 3.88. The van der Waals surface area contributed by atoms with Gasteiger partial charge in [0.1, 0.15) is 0 Å². The van der Waals surface area contributed by atoms with Gasteiger partial charge in [-0.25, -0.2) is 0 Å². The molecule has 2 aromatic rings. The number of hydrogen-bond donors (Lipinski definition) is 0. The number of halogens is 1. The first kappa shape index (κ1) is 11.3. The molecule has 0 aliphatic heterocycles. The summed E-state index contributed by atoms with van der Waals surface area (Å²) in [5, 5.41) is 0. The molecule has 0 unspecified atom stereocenters. The molecule has 0 fully saturated rings. The van der Waals surface area contributed by atoms with Gasteiger partial charge in [0.25, 0.3) is 0 Å². The van der Waals surface area contributed by atoms with Crippen molar-refractivity contribution in [3.05, 3.63) is 71.3 Å². The molecular weight excluding hydrogens is 319 g/mol. The minimum atomic E-state index is 0.571. The van der Waals surface area contributed by atoms with E-state index in [0.29, 0.717) is 9.84 Å². The second-order valence-electron chi connectivity index (χ2n) is 4.64. The molecular formula is C16H15I. The van der Waals surface area contributed by atoms with Crippen LogP contribution in [0.5, 0.6) is 0 Å². The zero-order valence-electron chi connectivity index (χ0n) is 9.64. The first-order chi connectivity index (χ1) is 8.36. The molecule has 0 spiro atoms. The monoisotopic (exact) mass is 334 g/mol. The van der Waals surface area contributed by atoms with E-state index in [1.165, 1.54) is 29.5 Å². The summed E-state index contributed by atoms with van der Waals surface area (Å²) in [6.07, 6.45) is 2.52. The van der Waals surface area contributed by atoms with Crippen molar-refractivity contribution in [1.82, 2.24) is 0 Å². The summed E-state index contributed by atoms with van der Waals surface area (Å²) in [6.45, 7) is 0. The van der Waals surface area contributed by atoms with E-state index in [1.807, 2.05) is 0 Å². The van der Waals surface area contributed by atoms with Crippen LogP contribution in [0.15, 0.2) is 54.6 Å². The molecule has 1 aliphatic rings. The highest BCUT2D eigenvalue weighted by Gasteiger charge is 2.28. The van der Waals surface area contributed by atoms with Crippen LogP contribution in [0, 0.1) is 0 Å². The minimum Gasteiger partial charge on any atom is -0.0816 e. The summed E-state index contributed by atoms with van der Waals surface area (Å²) in [5.41, 5.74) is 4.53. The van der Waals surface area contributed by atoms with Gasteiger partial charge in [-0.2, -0.15) is 0 Å². The number of rotatable bonds is 1. The van der Waals surface area contributed by atoms with E-state index in [4.69, 9.17) is 0 Å². The Morgan fingerprint density at radius 1 is 0.882 bits per heavy atom. The van der Waals surface area contributed by atoms with Crippen molar-refractivity contribution in [1.29, 1.82) is 0 Å². The lowest BCUT2D eigenvalue weighted by Gasteiger charge is -2.30. The third kappa shape index (κ3) is 2.13. The maximum Gasteiger partial charge on any atom is 0.0222 e. The Hall–Kier alpha value is -0.830. The van der Waals surface area contributed by atoms with Gasteiger partial charge in [0.15, 0.2) is 0 Å². The van der Waals surface area contributed by atoms with Crippen LogP contribution in [0.3, 0.4) is 0 Å². The van der Waals surface area contributed by atoms with Crippen LogP contribution in [0.2, 0.25) is 0 Å². The van der Waals surface area contributed by atoms with Gasteiger partial charge in [-0.3, -0.25) is 0 Å². The molecule has 0 saturated carbocycles. The van der Waals surface area contributed by atoms with Gasteiger partial charge in [-0.15, -0.1) is 0 Å². The fraction of sp³-hybridized carbons (Fsp3) is 0.250. The van der Waals surface area contributed by atoms with E-state index in [-0.39, 0.29) is 0 Å². The van der Waals surface area contributed by atoms with Gasteiger partial charge in [-0.05, 0) is 29.5 Å². The summed E-state index contributed by atoms with van der Waals surface area (Å²) in [4.78, 5) is 0. The largest absolute Gasteiger partial charge is 0.0816 e. The molecule has 2 aromatic carbocycles. The molecule has 0 amide bonds. The van der Waals surface area contributed by atoms with Gasteiger partial charge in [0, 0.05) is 9.84 Å². The van der Waals surface area contributed by atoms with Crippen molar-refractivity contribution in [2.45, 2.75) is 22.7 Å². The number of fused-ring (bicyclic) bond motifs is 1. The molecule has 0 nitrogen and oxygen atoms in total. The Labute approximate surface area is 116 Å². The summed E-state index contributed by atoms with van der Waals surface area (Å²) in [7, 11) is 0. The first-order valence-corrected chi connectivity index (χ1v) is 7.37. The van der Waals surface area contributed by atoms with Crippen LogP contribution in [0.4, 0.5) is 0 Å². The topological polar surface area (TPSA) is 0 Å². The third-order valence-electron chi connectivity index (χ3n) is 3.60. The lowest BCUT2D eigenvalue weighted by molar-refractivity contribution is 0.652. The summed E-state index contributed by atoms with van der Waals surface area (Å²) < 4.78 is 0.713. The van der Waals surface area contributed by atoms with Crippen LogP contribution in [0.1, 0.15) is 29.0 Å². The summed E-state index contributed by atoms with van der Waals surface area (Å²) >= 11 is 2.62. The molecule has 0 saturated heterocycles. The molecule has 1 aliphatic carbocycles. The predicted octanol–water partition coefficient (Wildman–Crippen LogP) is 4.57. The molecule has 17 heavy (non-hydrogen) atoms. The molecule has 0 aromatic heterocycles. The van der Waals surface area contributed by atoms with E-state index in [2.05, 4.69) is 77.2 Å². The molecule has 1 heteroatoms. The minimum absolute atomic E-state index is 0.571. The molecule has 0 heterocycles. The van der Waals surface area contributed by atoms with Gasteiger partial charge in [0.2, 0.25) is 0 Å². The maximum absolute atomic E-state index is 2.62. The Balaban J connectivity index is 2.10. The smallest absolute Gasteiger partial charge is 0.0222 e. The third-order valence-corrected chi connectivity index (χ3v) is 4.94. The predicted molar refractivity (Wildman–Crippen MR) is 80.9 cm³/mol. The van der Waals surface area contributed by atoms with Crippen LogP contribution in [0.25, 0.3) is 0 Å². The van der Waals surface area contributed by atoms with Crippen LogP contribution < -0.4 is 0 Å².